The Bertz CT molecular complexity index is 1800. The van der Waals surface area contributed by atoms with Gasteiger partial charge in [0.25, 0.3) is 0 Å². The van der Waals surface area contributed by atoms with Crippen molar-refractivity contribution < 1.29 is 81.3 Å². The summed E-state index contributed by atoms with van der Waals surface area (Å²) in [5, 5.41) is 16.5. The number of benzene rings is 1. The summed E-state index contributed by atoms with van der Waals surface area (Å²) in [4.78, 5) is 39.0. The van der Waals surface area contributed by atoms with E-state index in [-0.39, 0.29) is 62.7 Å². The number of carbonyl (C=O) groups is 3. The molecule has 21 heteroatoms. The summed E-state index contributed by atoms with van der Waals surface area (Å²) in [5.41, 5.74) is -8.40. The molecule has 1 aromatic heterocycles. The van der Waals surface area contributed by atoms with Crippen LogP contribution in [0.15, 0.2) is 41.4 Å². The van der Waals surface area contributed by atoms with Crippen LogP contribution in [0.25, 0.3) is 0 Å². The maximum absolute atomic E-state index is 15.0. The maximum Gasteiger partial charge on any atom is 0.490 e. The van der Waals surface area contributed by atoms with E-state index in [9.17, 15) is 71.4 Å². The van der Waals surface area contributed by atoms with Crippen molar-refractivity contribution in [3.05, 3.63) is 59.2 Å². The lowest BCUT2D eigenvalue weighted by Crippen LogP contribution is -2.54. The van der Waals surface area contributed by atoms with Gasteiger partial charge in [-0.25, -0.2) is 22.0 Å². The number of aryl methyl sites for hydroxylation is 1. The Morgan fingerprint density at radius 2 is 1.46 bits per heavy atom. The molecule has 2 fully saturated rings. The maximum atomic E-state index is 15.0. The van der Waals surface area contributed by atoms with Crippen molar-refractivity contribution in [1.82, 2.24) is 9.88 Å². The number of fused-ring (bicyclic) bond motifs is 3. The van der Waals surface area contributed by atoms with Crippen molar-refractivity contribution in [3.8, 4) is 0 Å². The predicted molar refractivity (Wildman–Crippen MR) is 154 cm³/mol. The van der Waals surface area contributed by atoms with Gasteiger partial charge in [-0.05, 0) is 80.3 Å². The lowest BCUT2D eigenvalue weighted by atomic mass is 9.74. The Morgan fingerprint density at radius 3 is 1.94 bits per heavy atom. The van der Waals surface area contributed by atoms with Crippen LogP contribution in [0.2, 0.25) is 0 Å². The zero-order chi connectivity index (χ0) is 39.4. The molecule has 1 saturated heterocycles. The second-order valence-electron chi connectivity index (χ2n) is 12.8. The number of carboxylic acid groups (broad SMARTS) is 2. The van der Waals surface area contributed by atoms with Crippen LogP contribution in [-0.2, 0) is 41.1 Å². The van der Waals surface area contributed by atoms with Crippen molar-refractivity contribution in [1.29, 1.82) is 0 Å². The first-order chi connectivity index (χ1) is 23.7. The van der Waals surface area contributed by atoms with Gasteiger partial charge in [0.1, 0.15) is 10.6 Å². The van der Waals surface area contributed by atoms with Crippen molar-refractivity contribution >= 4 is 27.7 Å². The number of hydrogen-bond acceptors (Lipinski definition) is 6. The van der Waals surface area contributed by atoms with Crippen LogP contribution in [0, 0.1) is 23.6 Å². The highest BCUT2D eigenvalue weighted by Gasteiger charge is 2.74. The number of carbonyl (C=O) groups excluding carboxylic acids is 1. The average Bonchev–Trinajstić information content (AvgIpc) is 3.44. The van der Waals surface area contributed by atoms with E-state index >= 15 is 0 Å². The Morgan fingerprint density at radius 1 is 0.904 bits per heavy atom. The fourth-order valence-electron chi connectivity index (χ4n) is 7.31. The summed E-state index contributed by atoms with van der Waals surface area (Å²) in [6.07, 6.45) is -18.1. The number of rotatable bonds is 5. The standard InChI is InChI=1S/C29H28F8N2O5S.C2HF3O2/c1-15-12-17(25(41)42)2-8-21(15)24(40)39-11-10-26(45(43,44)20-6-4-19(30)5-7-20)22(39)9-3-16-13-18(14-38-23(16)26)27(31,28(32,33)34)29(35,36)37;3-2(4,5)1(6)7/h4-7,13-15,17,21-22H,2-3,8-12H2,1H3,(H,41,42);(H,6,7)/t15-,17+,21+,22?,26?;/m0./s1. The molecule has 0 bridgehead atoms. The molecule has 9 nitrogen and oxygen atoms in total. The van der Waals surface area contributed by atoms with E-state index in [4.69, 9.17) is 9.90 Å². The molecule has 2 N–H and O–H groups in total. The molecule has 2 heterocycles. The van der Waals surface area contributed by atoms with Gasteiger partial charge in [0.2, 0.25) is 5.91 Å². The third kappa shape index (κ3) is 6.91. The summed E-state index contributed by atoms with van der Waals surface area (Å²) < 4.78 is 168. The second kappa shape index (κ2) is 13.7. The molecule has 3 aliphatic rings. The first kappa shape index (κ1) is 40.7. The number of alkyl halides is 10. The van der Waals surface area contributed by atoms with Gasteiger partial charge in [-0.2, -0.15) is 39.5 Å². The molecule has 0 radical (unpaired) electrons. The van der Waals surface area contributed by atoms with Crippen LogP contribution in [0.1, 0.15) is 55.8 Å². The lowest BCUT2D eigenvalue weighted by molar-refractivity contribution is -0.348. The Kier molecular flexibility index (Phi) is 10.8. The summed E-state index contributed by atoms with van der Waals surface area (Å²) >= 11 is 0. The monoisotopic (exact) mass is 782 g/mol. The molecule has 1 aliphatic heterocycles. The summed E-state index contributed by atoms with van der Waals surface area (Å²) in [6.45, 7) is 1.54. The molecule has 1 aromatic carbocycles. The highest BCUT2D eigenvalue weighted by molar-refractivity contribution is 7.92. The number of likely N-dealkylation sites (tertiary alicyclic amines) is 1. The van der Waals surface area contributed by atoms with E-state index in [2.05, 4.69) is 4.98 Å². The van der Waals surface area contributed by atoms with Crippen LogP contribution in [-0.4, -0.2) is 77.5 Å². The van der Waals surface area contributed by atoms with Gasteiger partial charge in [0.15, 0.2) is 9.84 Å². The van der Waals surface area contributed by atoms with Gasteiger partial charge < -0.3 is 15.1 Å². The number of aliphatic carboxylic acids is 2. The van der Waals surface area contributed by atoms with Crippen LogP contribution < -0.4 is 0 Å². The van der Waals surface area contributed by atoms with Gasteiger partial charge in [-0.3, -0.25) is 14.6 Å². The predicted octanol–water partition coefficient (Wildman–Crippen LogP) is 6.50. The number of carboxylic acids is 2. The largest absolute Gasteiger partial charge is 0.490 e. The molecule has 1 amide bonds. The first-order valence-electron chi connectivity index (χ1n) is 15.4. The molecule has 288 valence electrons. The third-order valence-electron chi connectivity index (χ3n) is 9.84. The number of aromatic nitrogens is 1. The normalized spacial score (nSPS) is 25.3. The van der Waals surface area contributed by atoms with Crippen LogP contribution in [0.3, 0.4) is 0 Å². The molecule has 1 saturated carbocycles. The Labute approximate surface area is 287 Å². The molecule has 2 aromatic rings. The second-order valence-corrected chi connectivity index (χ2v) is 15.0. The number of nitrogens with zero attached hydrogens (tertiary/aromatic N) is 2. The van der Waals surface area contributed by atoms with E-state index in [1.54, 1.807) is 6.92 Å². The molecular formula is C31H29F11N2O7S. The molecule has 2 unspecified atom stereocenters. The van der Waals surface area contributed by atoms with Gasteiger partial charge in [0, 0.05) is 24.2 Å². The van der Waals surface area contributed by atoms with Crippen molar-refractivity contribution in [3.63, 3.8) is 0 Å². The van der Waals surface area contributed by atoms with Crippen molar-refractivity contribution in [2.45, 2.75) is 85.3 Å². The fraction of sp³-hybridized carbons (Fsp3) is 0.548. The molecule has 2 aliphatic carbocycles. The van der Waals surface area contributed by atoms with Gasteiger partial charge in [0.05, 0.1) is 22.5 Å². The van der Waals surface area contributed by atoms with Crippen molar-refractivity contribution in [2.75, 3.05) is 6.54 Å². The van der Waals surface area contributed by atoms with Crippen LogP contribution in [0.4, 0.5) is 48.3 Å². The highest BCUT2D eigenvalue weighted by atomic mass is 32.2. The topological polar surface area (TPSA) is 142 Å². The SMILES string of the molecule is C[C@H]1C[C@H](C(=O)O)CC[C@H]1C(=O)N1CCC2(S(=O)(=O)c3ccc(F)cc3)c3ncc(C(F)(C(F)(F)F)C(F)(F)F)cc3CCC12.O=C(O)C(F)(F)F. The quantitative estimate of drug-likeness (QED) is 0.259. The number of halogens is 11. The number of pyridine rings is 1. The van der Waals surface area contributed by atoms with E-state index in [0.717, 1.165) is 24.3 Å². The van der Waals surface area contributed by atoms with Crippen molar-refractivity contribution in [2.24, 2.45) is 17.8 Å². The molecule has 5 rings (SSSR count). The third-order valence-corrected chi connectivity index (χ3v) is 12.4. The van der Waals surface area contributed by atoms with Gasteiger partial charge in [-0.15, -0.1) is 0 Å². The van der Waals surface area contributed by atoms with Crippen LogP contribution >= 0.6 is 0 Å². The lowest BCUT2D eigenvalue weighted by Gasteiger charge is -2.43. The van der Waals surface area contributed by atoms with Crippen LogP contribution in [0.5, 0.6) is 0 Å². The summed E-state index contributed by atoms with van der Waals surface area (Å²) in [5.74, 6) is -6.68. The zero-order valence-electron chi connectivity index (χ0n) is 26.6. The number of sulfone groups is 1. The number of hydrogen-bond donors (Lipinski definition) is 2. The molecule has 5 atom stereocenters. The highest BCUT2D eigenvalue weighted by Crippen LogP contribution is 2.56. The minimum absolute atomic E-state index is 0.0316. The Balaban J connectivity index is 0.000000785. The summed E-state index contributed by atoms with van der Waals surface area (Å²) in [7, 11) is -4.67. The molecular weight excluding hydrogens is 753 g/mol. The number of amides is 1. The smallest absolute Gasteiger partial charge is 0.481 e. The zero-order valence-corrected chi connectivity index (χ0v) is 27.4. The van der Waals surface area contributed by atoms with Gasteiger partial charge >= 0.3 is 36.1 Å². The average molecular weight is 783 g/mol. The van der Waals surface area contributed by atoms with E-state index < -0.39 is 96.5 Å². The summed E-state index contributed by atoms with van der Waals surface area (Å²) in [6, 6.07) is 2.81. The van der Waals surface area contributed by atoms with E-state index in [1.807, 2.05) is 0 Å². The van der Waals surface area contributed by atoms with E-state index in [1.165, 1.54) is 4.90 Å². The van der Waals surface area contributed by atoms with Gasteiger partial charge in [-0.1, -0.05) is 6.92 Å². The minimum Gasteiger partial charge on any atom is -0.481 e. The van der Waals surface area contributed by atoms with E-state index in [0.29, 0.717) is 6.07 Å². The Hall–Kier alpha value is -4.04. The fourth-order valence-corrected chi connectivity index (χ4v) is 9.62. The molecule has 52 heavy (non-hydrogen) atoms. The first-order valence-corrected chi connectivity index (χ1v) is 16.9. The molecule has 0 spiro atoms. The minimum atomic E-state index is -6.41.